The van der Waals surface area contributed by atoms with Gasteiger partial charge in [0.25, 0.3) is 0 Å². The van der Waals surface area contributed by atoms with Crippen molar-refractivity contribution in [3.63, 3.8) is 0 Å². The van der Waals surface area contributed by atoms with Gasteiger partial charge in [-0.1, -0.05) is 12.1 Å². The number of aromatic amines is 1. The van der Waals surface area contributed by atoms with Gasteiger partial charge in [0.15, 0.2) is 0 Å². The van der Waals surface area contributed by atoms with Gasteiger partial charge in [-0.15, -0.1) is 0 Å². The van der Waals surface area contributed by atoms with Gasteiger partial charge in [-0.25, -0.2) is 0 Å². The van der Waals surface area contributed by atoms with Crippen molar-refractivity contribution in [1.82, 2.24) is 10.3 Å². The summed E-state index contributed by atoms with van der Waals surface area (Å²) < 4.78 is 0. The number of H-pyrrole nitrogens is 1. The second kappa shape index (κ2) is 3.84. The highest BCUT2D eigenvalue weighted by molar-refractivity contribution is 5.88. The van der Waals surface area contributed by atoms with Crippen molar-refractivity contribution < 1.29 is 5.11 Å². The molecule has 0 spiro atoms. The number of aliphatic hydroxyl groups excluding tert-OH is 1. The molecule has 3 heteroatoms. The van der Waals surface area contributed by atoms with Crippen LogP contribution in [0.1, 0.15) is 23.5 Å². The number of hydrogen-bond donors (Lipinski definition) is 3. The zero-order chi connectivity index (χ0) is 12.1. The largest absolute Gasteiger partial charge is 0.396 e. The second-order valence-corrected chi connectivity index (χ2v) is 5.69. The minimum Gasteiger partial charge on any atom is -0.396 e. The molecule has 18 heavy (non-hydrogen) atoms. The summed E-state index contributed by atoms with van der Waals surface area (Å²) in [7, 11) is 0. The molecule has 2 aromatic rings. The summed E-state index contributed by atoms with van der Waals surface area (Å²) in [5.74, 6) is 0.963. The summed E-state index contributed by atoms with van der Waals surface area (Å²) in [6, 6.07) is 7.10. The van der Waals surface area contributed by atoms with E-state index in [0.717, 1.165) is 19.4 Å². The molecular weight excluding hydrogens is 224 g/mol. The van der Waals surface area contributed by atoms with Gasteiger partial charge in [0.05, 0.1) is 0 Å². The van der Waals surface area contributed by atoms with Crippen LogP contribution in [0, 0.1) is 5.92 Å². The maximum Gasteiger partial charge on any atom is 0.0471 e. The van der Waals surface area contributed by atoms with Crippen LogP contribution >= 0.6 is 0 Å². The Balaban J connectivity index is 1.85. The van der Waals surface area contributed by atoms with Gasteiger partial charge in [-0.05, 0) is 36.0 Å². The highest BCUT2D eigenvalue weighted by atomic mass is 16.3. The van der Waals surface area contributed by atoms with E-state index in [0.29, 0.717) is 24.5 Å². The summed E-state index contributed by atoms with van der Waals surface area (Å²) in [5, 5.41) is 14.4. The predicted molar refractivity (Wildman–Crippen MR) is 71.7 cm³/mol. The van der Waals surface area contributed by atoms with Crippen molar-refractivity contribution in [2.45, 2.75) is 24.8 Å². The Kier molecular flexibility index (Phi) is 2.26. The first-order valence-corrected chi connectivity index (χ1v) is 6.80. The van der Waals surface area contributed by atoms with Crippen LogP contribution in [-0.4, -0.2) is 29.3 Å². The molecule has 1 aromatic heterocycles. The van der Waals surface area contributed by atoms with Crippen LogP contribution in [-0.2, 0) is 6.42 Å². The molecule has 4 rings (SSSR count). The Labute approximate surface area is 106 Å². The minimum atomic E-state index is 0.298. The molecule has 1 aliphatic heterocycles. The highest BCUT2D eigenvalue weighted by Gasteiger charge is 2.35. The van der Waals surface area contributed by atoms with Crippen LogP contribution in [0.15, 0.2) is 24.4 Å². The lowest BCUT2D eigenvalue weighted by Gasteiger charge is -2.39. The fourth-order valence-electron chi connectivity index (χ4n) is 3.76. The highest BCUT2D eigenvalue weighted by Crippen LogP contribution is 2.41. The fraction of sp³-hybridized carbons (Fsp3) is 0.467. The molecule has 3 nitrogen and oxygen atoms in total. The van der Waals surface area contributed by atoms with Crippen LogP contribution in [0.3, 0.4) is 0 Å². The molecule has 0 radical (unpaired) electrons. The number of aromatic nitrogens is 1. The number of piperidine rings is 1. The number of hydrogen-bond acceptors (Lipinski definition) is 2. The Hall–Kier alpha value is -1.32. The minimum absolute atomic E-state index is 0.298. The van der Waals surface area contributed by atoms with Gasteiger partial charge >= 0.3 is 0 Å². The Morgan fingerprint density at radius 2 is 2.28 bits per heavy atom. The third-order valence-corrected chi connectivity index (χ3v) is 4.66. The van der Waals surface area contributed by atoms with Crippen LogP contribution in [0.4, 0.5) is 0 Å². The van der Waals surface area contributed by atoms with E-state index >= 15 is 0 Å². The van der Waals surface area contributed by atoms with Gasteiger partial charge in [0.1, 0.15) is 0 Å². The third kappa shape index (κ3) is 1.38. The molecular formula is C15H18N2O. The van der Waals surface area contributed by atoms with E-state index in [2.05, 4.69) is 34.7 Å². The molecule has 2 heterocycles. The van der Waals surface area contributed by atoms with Crippen molar-refractivity contribution in [3.05, 3.63) is 35.5 Å². The van der Waals surface area contributed by atoms with E-state index in [1.807, 2.05) is 0 Å². The van der Waals surface area contributed by atoms with Crippen molar-refractivity contribution in [2.24, 2.45) is 5.92 Å². The lowest BCUT2D eigenvalue weighted by molar-refractivity contribution is 0.168. The van der Waals surface area contributed by atoms with Crippen molar-refractivity contribution in [2.75, 3.05) is 13.2 Å². The lowest BCUT2D eigenvalue weighted by atomic mass is 9.73. The summed E-state index contributed by atoms with van der Waals surface area (Å²) in [5.41, 5.74) is 4.16. The molecule has 1 aromatic carbocycles. The van der Waals surface area contributed by atoms with Gasteiger partial charge in [-0.2, -0.15) is 0 Å². The predicted octanol–water partition coefficient (Wildman–Crippen LogP) is 1.78. The quantitative estimate of drug-likeness (QED) is 0.714. The van der Waals surface area contributed by atoms with Gasteiger partial charge in [0.2, 0.25) is 0 Å². The van der Waals surface area contributed by atoms with Crippen molar-refractivity contribution in [1.29, 1.82) is 0 Å². The van der Waals surface area contributed by atoms with E-state index in [-0.39, 0.29) is 0 Å². The summed E-state index contributed by atoms with van der Waals surface area (Å²) >= 11 is 0. The van der Waals surface area contributed by atoms with E-state index < -0.39 is 0 Å². The number of rotatable bonds is 1. The van der Waals surface area contributed by atoms with Crippen LogP contribution in [0.2, 0.25) is 0 Å². The molecule has 1 unspecified atom stereocenters. The molecule has 1 fully saturated rings. The SMILES string of the molecule is OCC1CN[C@@H]2Cc3c[nH]c4cccc(c34)[C@H]2C1. The van der Waals surface area contributed by atoms with E-state index in [1.165, 1.54) is 22.0 Å². The Morgan fingerprint density at radius 3 is 3.17 bits per heavy atom. The van der Waals surface area contributed by atoms with Crippen LogP contribution in [0.5, 0.6) is 0 Å². The monoisotopic (exact) mass is 242 g/mol. The fourth-order valence-corrected chi connectivity index (χ4v) is 3.76. The molecule has 3 atom stereocenters. The molecule has 94 valence electrons. The van der Waals surface area contributed by atoms with Gasteiger partial charge in [0, 0.05) is 42.2 Å². The maximum atomic E-state index is 9.38. The second-order valence-electron chi connectivity index (χ2n) is 5.69. The molecule has 0 amide bonds. The molecule has 2 aliphatic rings. The lowest BCUT2D eigenvalue weighted by Crippen LogP contribution is -2.47. The maximum absolute atomic E-state index is 9.38. The van der Waals surface area contributed by atoms with Crippen LogP contribution < -0.4 is 5.32 Å². The molecule has 1 saturated heterocycles. The Bertz CT molecular complexity index is 589. The average molecular weight is 242 g/mol. The smallest absolute Gasteiger partial charge is 0.0471 e. The standard InChI is InChI=1S/C15H18N2O/c18-8-9-4-12-11-2-1-3-13-15(11)10(7-17-13)5-14(12)16-6-9/h1-3,7,9,12,14,16-18H,4-6,8H2/t9?,12-,14-/m1/s1. The normalized spacial score (nSPS) is 30.4. The molecule has 0 bridgehead atoms. The zero-order valence-corrected chi connectivity index (χ0v) is 10.3. The van der Waals surface area contributed by atoms with Crippen molar-refractivity contribution >= 4 is 10.9 Å². The first kappa shape index (κ1) is 10.6. The van der Waals surface area contributed by atoms with Gasteiger partial charge < -0.3 is 15.4 Å². The number of nitrogens with one attached hydrogen (secondary N) is 2. The van der Waals surface area contributed by atoms with Crippen LogP contribution in [0.25, 0.3) is 10.9 Å². The molecule has 1 aliphatic carbocycles. The summed E-state index contributed by atoms with van der Waals surface area (Å²) in [6.07, 6.45) is 4.38. The third-order valence-electron chi connectivity index (χ3n) is 4.66. The first-order chi connectivity index (χ1) is 8.86. The number of benzene rings is 1. The number of aliphatic hydroxyl groups is 1. The van der Waals surface area contributed by atoms with Gasteiger partial charge in [-0.3, -0.25) is 0 Å². The summed E-state index contributed by atoms with van der Waals surface area (Å²) in [4.78, 5) is 3.38. The molecule has 0 saturated carbocycles. The topological polar surface area (TPSA) is 48.0 Å². The van der Waals surface area contributed by atoms with Crippen molar-refractivity contribution in [3.8, 4) is 0 Å². The summed E-state index contributed by atoms with van der Waals surface area (Å²) in [6.45, 7) is 1.25. The Morgan fingerprint density at radius 1 is 1.33 bits per heavy atom. The van der Waals surface area contributed by atoms with E-state index in [1.54, 1.807) is 0 Å². The first-order valence-electron chi connectivity index (χ1n) is 6.80. The number of fused-ring (bicyclic) bond motifs is 2. The van der Waals surface area contributed by atoms with E-state index in [9.17, 15) is 5.11 Å². The molecule has 3 N–H and O–H groups in total. The zero-order valence-electron chi connectivity index (χ0n) is 10.3. The van der Waals surface area contributed by atoms with E-state index in [4.69, 9.17) is 0 Å². The average Bonchev–Trinajstić information content (AvgIpc) is 2.83.